The molecule has 0 saturated carbocycles. The lowest BCUT2D eigenvalue weighted by molar-refractivity contribution is -0.123. The second kappa shape index (κ2) is 5.19. The van der Waals surface area contributed by atoms with Crippen molar-refractivity contribution in [2.45, 2.75) is 12.5 Å². The Morgan fingerprint density at radius 2 is 2.14 bits per heavy atom. The molecule has 0 radical (unpaired) electrons. The van der Waals surface area contributed by atoms with E-state index in [-0.39, 0.29) is 6.42 Å². The van der Waals surface area contributed by atoms with Gasteiger partial charge in [-0.05, 0) is 12.1 Å². The minimum atomic E-state index is -1.02. The first kappa shape index (κ1) is 10.5. The highest BCUT2D eigenvalue weighted by molar-refractivity contribution is 5.93. The van der Waals surface area contributed by atoms with Gasteiger partial charge in [0.15, 0.2) is 0 Å². The van der Waals surface area contributed by atoms with Gasteiger partial charge in [0, 0.05) is 12.1 Å². The quantitative estimate of drug-likeness (QED) is 0.709. The van der Waals surface area contributed by atoms with Crippen molar-refractivity contribution >= 4 is 11.6 Å². The van der Waals surface area contributed by atoms with Crippen molar-refractivity contribution in [3.05, 3.63) is 43.0 Å². The Bertz CT molecular complexity index is 308. The van der Waals surface area contributed by atoms with Crippen LogP contribution in [0.25, 0.3) is 0 Å². The summed E-state index contributed by atoms with van der Waals surface area (Å²) >= 11 is 0. The Morgan fingerprint density at radius 3 is 2.71 bits per heavy atom. The predicted octanol–water partition coefficient (Wildman–Crippen LogP) is 1.56. The summed E-state index contributed by atoms with van der Waals surface area (Å²) in [7, 11) is 0. The van der Waals surface area contributed by atoms with Crippen LogP contribution in [0.3, 0.4) is 0 Å². The van der Waals surface area contributed by atoms with Gasteiger partial charge in [-0.2, -0.15) is 0 Å². The van der Waals surface area contributed by atoms with Crippen molar-refractivity contribution in [3.8, 4) is 0 Å². The zero-order valence-electron chi connectivity index (χ0n) is 7.81. The molecule has 0 unspecified atom stereocenters. The summed E-state index contributed by atoms with van der Waals surface area (Å²) in [5.41, 5.74) is 0.681. The van der Waals surface area contributed by atoms with E-state index in [4.69, 9.17) is 0 Å². The average Bonchev–Trinajstić information content (AvgIpc) is 2.19. The molecule has 1 aromatic carbocycles. The smallest absolute Gasteiger partial charge is 0.253 e. The van der Waals surface area contributed by atoms with E-state index < -0.39 is 12.0 Å². The minimum absolute atomic E-state index is 0.263. The lowest BCUT2D eigenvalue weighted by Gasteiger charge is -2.08. The van der Waals surface area contributed by atoms with Gasteiger partial charge in [0.05, 0.1) is 0 Å². The molecule has 1 atom stereocenters. The molecule has 3 heteroatoms. The number of nitrogens with one attached hydrogen (secondary N) is 1. The van der Waals surface area contributed by atoms with Crippen molar-refractivity contribution < 1.29 is 9.90 Å². The van der Waals surface area contributed by atoms with Crippen LogP contribution in [-0.4, -0.2) is 17.1 Å². The monoisotopic (exact) mass is 191 g/mol. The Kier molecular flexibility index (Phi) is 3.88. The number of anilines is 1. The fourth-order valence-electron chi connectivity index (χ4n) is 1.01. The number of hydrogen-bond acceptors (Lipinski definition) is 2. The SMILES string of the molecule is C=CC[C@@H](O)C(=O)Nc1ccccc1. The molecule has 0 bridgehead atoms. The van der Waals surface area contributed by atoms with E-state index in [2.05, 4.69) is 11.9 Å². The Morgan fingerprint density at radius 1 is 1.50 bits per heavy atom. The predicted molar refractivity (Wildman–Crippen MR) is 55.9 cm³/mol. The highest BCUT2D eigenvalue weighted by Crippen LogP contribution is 2.06. The lowest BCUT2D eigenvalue weighted by Crippen LogP contribution is -2.26. The Balaban J connectivity index is 2.53. The van der Waals surface area contributed by atoms with Crippen LogP contribution in [0.5, 0.6) is 0 Å². The summed E-state index contributed by atoms with van der Waals surface area (Å²) in [5.74, 6) is -0.406. The fraction of sp³-hybridized carbons (Fsp3) is 0.182. The number of carbonyl (C=O) groups is 1. The maximum atomic E-state index is 11.3. The molecule has 1 aromatic rings. The fourth-order valence-corrected chi connectivity index (χ4v) is 1.01. The van der Waals surface area contributed by atoms with Crippen LogP contribution in [0.1, 0.15) is 6.42 Å². The molecule has 74 valence electrons. The van der Waals surface area contributed by atoms with E-state index in [9.17, 15) is 9.90 Å². The number of amides is 1. The summed E-state index contributed by atoms with van der Waals surface area (Å²) in [6, 6.07) is 9.01. The molecule has 0 spiro atoms. The molecular formula is C11H13NO2. The molecule has 14 heavy (non-hydrogen) atoms. The molecule has 1 amide bonds. The van der Waals surface area contributed by atoms with Gasteiger partial charge >= 0.3 is 0 Å². The van der Waals surface area contributed by atoms with Gasteiger partial charge in [-0.3, -0.25) is 4.79 Å². The third-order valence-corrected chi connectivity index (χ3v) is 1.73. The molecule has 0 aliphatic heterocycles. The number of aliphatic hydroxyl groups is 1. The number of rotatable bonds is 4. The van der Waals surface area contributed by atoms with Crippen LogP contribution in [0.2, 0.25) is 0 Å². The standard InChI is InChI=1S/C11H13NO2/c1-2-6-10(13)11(14)12-9-7-4-3-5-8-9/h2-5,7-8,10,13H,1,6H2,(H,12,14)/t10-/m1/s1. The van der Waals surface area contributed by atoms with Crippen molar-refractivity contribution in [2.75, 3.05) is 5.32 Å². The van der Waals surface area contributed by atoms with E-state index in [1.165, 1.54) is 6.08 Å². The van der Waals surface area contributed by atoms with Crippen LogP contribution in [0.15, 0.2) is 43.0 Å². The normalized spacial score (nSPS) is 11.8. The molecule has 0 aromatic heterocycles. The Hall–Kier alpha value is -1.61. The van der Waals surface area contributed by atoms with Crippen molar-refractivity contribution in [3.63, 3.8) is 0 Å². The first-order chi connectivity index (χ1) is 6.74. The van der Waals surface area contributed by atoms with Gasteiger partial charge < -0.3 is 10.4 Å². The minimum Gasteiger partial charge on any atom is -0.383 e. The summed E-state index contributed by atoms with van der Waals surface area (Å²) in [4.78, 5) is 11.3. The second-order valence-electron chi connectivity index (χ2n) is 2.90. The van der Waals surface area contributed by atoms with Crippen LogP contribution in [0.4, 0.5) is 5.69 Å². The summed E-state index contributed by atoms with van der Waals surface area (Å²) in [6.07, 6.45) is 0.751. The molecule has 0 aliphatic rings. The molecule has 0 saturated heterocycles. The number of para-hydroxylation sites is 1. The van der Waals surface area contributed by atoms with Gasteiger partial charge in [-0.1, -0.05) is 24.3 Å². The van der Waals surface area contributed by atoms with Gasteiger partial charge in [0.1, 0.15) is 6.10 Å². The van der Waals surface area contributed by atoms with Crippen molar-refractivity contribution in [1.29, 1.82) is 0 Å². The third kappa shape index (κ3) is 3.03. The van der Waals surface area contributed by atoms with Crippen molar-refractivity contribution in [1.82, 2.24) is 0 Å². The Labute approximate surface area is 83.1 Å². The summed E-state index contributed by atoms with van der Waals surface area (Å²) < 4.78 is 0. The second-order valence-corrected chi connectivity index (χ2v) is 2.90. The van der Waals surface area contributed by atoms with Crippen LogP contribution < -0.4 is 5.32 Å². The van der Waals surface area contributed by atoms with Crippen LogP contribution in [-0.2, 0) is 4.79 Å². The molecule has 0 fully saturated rings. The highest BCUT2D eigenvalue weighted by atomic mass is 16.3. The van der Waals surface area contributed by atoms with Gasteiger partial charge in [-0.25, -0.2) is 0 Å². The summed E-state index contributed by atoms with van der Waals surface area (Å²) in [5, 5.41) is 11.9. The van der Waals surface area contributed by atoms with Crippen LogP contribution in [0, 0.1) is 0 Å². The van der Waals surface area contributed by atoms with E-state index in [1.807, 2.05) is 18.2 Å². The topological polar surface area (TPSA) is 49.3 Å². The number of aliphatic hydroxyl groups excluding tert-OH is 1. The van der Waals surface area contributed by atoms with Gasteiger partial charge in [0.2, 0.25) is 0 Å². The van der Waals surface area contributed by atoms with Crippen LogP contribution >= 0.6 is 0 Å². The van der Waals surface area contributed by atoms with Gasteiger partial charge in [0.25, 0.3) is 5.91 Å². The molecule has 0 heterocycles. The molecule has 2 N–H and O–H groups in total. The lowest BCUT2D eigenvalue weighted by atomic mass is 10.2. The van der Waals surface area contributed by atoms with E-state index in [1.54, 1.807) is 12.1 Å². The first-order valence-electron chi connectivity index (χ1n) is 4.39. The zero-order valence-corrected chi connectivity index (χ0v) is 7.81. The highest BCUT2D eigenvalue weighted by Gasteiger charge is 2.12. The molecule has 0 aliphatic carbocycles. The number of carbonyl (C=O) groups excluding carboxylic acids is 1. The molecule has 1 rings (SSSR count). The van der Waals surface area contributed by atoms with Crippen molar-refractivity contribution in [2.24, 2.45) is 0 Å². The third-order valence-electron chi connectivity index (χ3n) is 1.73. The average molecular weight is 191 g/mol. The molecule has 3 nitrogen and oxygen atoms in total. The molecular weight excluding hydrogens is 178 g/mol. The van der Waals surface area contributed by atoms with E-state index in [0.717, 1.165) is 0 Å². The maximum absolute atomic E-state index is 11.3. The van der Waals surface area contributed by atoms with E-state index in [0.29, 0.717) is 5.69 Å². The van der Waals surface area contributed by atoms with Gasteiger partial charge in [-0.15, -0.1) is 6.58 Å². The van der Waals surface area contributed by atoms with E-state index >= 15 is 0 Å². The largest absolute Gasteiger partial charge is 0.383 e. The number of hydrogen-bond donors (Lipinski definition) is 2. The first-order valence-corrected chi connectivity index (χ1v) is 4.39. The maximum Gasteiger partial charge on any atom is 0.253 e. The number of benzene rings is 1. The zero-order chi connectivity index (χ0) is 10.4. The summed E-state index contributed by atoms with van der Waals surface area (Å²) in [6.45, 7) is 3.45.